The van der Waals surface area contributed by atoms with Crippen molar-refractivity contribution in [2.75, 3.05) is 0 Å². The third kappa shape index (κ3) is 1.90. The number of hydrogen-bond acceptors (Lipinski definition) is 2. The Hall–Kier alpha value is -1.49. The highest BCUT2D eigenvalue weighted by atomic mass is 79.9. The molecule has 0 saturated heterocycles. The molecule has 0 bridgehead atoms. The number of halogens is 2. The molecule has 16 heavy (non-hydrogen) atoms. The average Bonchev–Trinajstić information content (AvgIpc) is 2.67. The third-order valence-corrected chi connectivity index (χ3v) is 2.92. The van der Waals surface area contributed by atoms with Crippen molar-refractivity contribution in [3.8, 4) is 0 Å². The molecule has 0 aliphatic heterocycles. The van der Waals surface area contributed by atoms with E-state index in [2.05, 4.69) is 21.0 Å². The van der Waals surface area contributed by atoms with Crippen molar-refractivity contribution in [1.29, 1.82) is 0 Å². The number of ketones is 1. The van der Waals surface area contributed by atoms with Crippen molar-refractivity contribution >= 4 is 21.7 Å². The third-order valence-electron chi connectivity index (χ3n) is 2.23. The zero-order valence-electron chi connectivity index (χ0n) is 8.45. The molecule has 0 N–H and O–H groups in total. The molecular weight excluding hydrogens is 275 g/mol. The van der Waals surface area contributed by atoms with Crippen molar-refractivity contribution < 1.29 is 9.18 Å². The molecular formula is C11H8BrFN2O. The van der Waals surface area contributed by atoms with Crippen LogP contribution in [0.4, 0.5) is 4.39 Å². The summed E-state index contributed by atoms with van der Waals surface area (Å²) >= 11 is 3.22. The van der Waals surface area contributed by atoms with Gasteiger partial charge in [0.2, 0.25) is 5.78 Å². The number of aryl methyl sites for hydroxylation is 1. The first-order valence-electron chi connectivity index (χ1n) is 4.57. The van der Waals surface area contributed by atoms with Gasteiger partial charge in [0.1, 0.15) is 11.5 Å². The number of carbonyl (C=O) groups excluding carboxylic acids is 1. The van der Waals surface area contributed by atoms with E-state index in [4.69, 9.17) is 0 Å². The fraction of sp³-hybridized carbons (Fsp3) is 0.0909. The predicted octanol–water partition coefficient (Wildman–Crippen LogP) is 2.55. The number of benzene rings is 1. The van der Waals surface area contributed by atoms with E-state index < -0.39 is 5.82 Å². The van der Waals surface area contributed by atoms with Gasteiger partial charge in [-0.2, -0.15) is 5.10 Å². The van der Waals surface area contributed by atoms with Crippen LogP contribution in [0.15, 0.2) is 34.9 Å². The van der Waals surface area contributed by atoms with Crippen LogP contribution in [-0.2, 0) is 7.05 Å². The molecule has 0 atom stereocenters. The Kier molecular flexibility index (Phi) is 2.87. The Morgan fingerprint density at radius 2 is 2.19 bits per heavy atom. The number of hydrogen-bond donors (Lipinski definition) is 0. The fourth-order valence-electron chi connectivity index (χ4n) is 1.41. The van der Waals surface area contributed by atoms with E-state index in [9.17, 15) is 9.18 Å². The van der Waals surface area contributed by atoms with Crippen molar-refractivity contribution in [2.24, 2.45) is 7.05 Å². The van der Waals surface area contributed by atoms with Crippen LogP contribution in [0.5, 0.6) is 0 Å². The Labute approximate surface area is 100 Å². The van der Waals surface area contributed by atoms with Crippen LogP contribution in [0.3, 0.4) is 0 Å². The quantitative estimate of drug-likeness (QED) is 0.794. The van der Waals surface area contributed by atoms with Gasteiger partial charge in [0.05, 0.1) is 0 Å². The standard InChI is InChI=1S/C11H8BrFN2O/c1-15-10(4-5-14-15)11(16)8-6-7(13)2-3-9(8)12/h2-6H,1H3. The number of carbonyl (C=O) groups is 1. The van der Waals surface area contributed by atoms with Gasteiger partial charge < -0.3 is 0 Å². The van der Waals surface area contributed by atoms with E-state index in [0.717, 1.165) is 0 Å². The minimum atomic E-state index is -0.436. The summed E-state index contributed by atoms with van der Waals surface area (Å²) in [4.78, 5) is 12.0. The minimum absolute atomic E-state index is 0.258. The minimum Gasteiger partial charge on any atom is -0.287 e. The lowest BCUT2D eigenvalue weighted by atomic mass is 10.1. The number of rotatable bonds is 2. The highest BCUT2D eigenvalue weighted by molar-refractivity contribution is 9.10. The second-order valence-electron chi connectivity index (χ2n) is 3.29. The van der Waals surface area contributed by atoms with Gasteiger partial charge in [0.25, 0.3) is 0 Å². The second-order valence-corrected chi connectivity index (χ2v) is 4.15. The summed E-state index contributed by atoms with van der Waals surface area (Å²) in [5.41, 5.74) is 0.718. The lowest BCUT2D eigenvalue weighted by molar-refractivity contribution is 0.102. The fourth-order valence-corrected chi connectivity index (χ4v) is 1.83. The van der Waals surface area contributed by atoms with Crippen LogP contribution in [0, 0.1) is 5.82 Å². The number of nitrogens with zero attached hydrogens (tertiary/aromatic N) is 2. The molecule has 0 saturated carbocycles. The smallest absolute Gasteiger partial charge is 0.212 e. The maximum absolute atomic E-state index is 13.1. The van der Waals surface area contributed by atoms with Gasteiger partial charge in [-0.05, 0) is 24.3 Å². The molecule has 0 aliphatic carbocycles. The first-order chi connectivity index (χ1) is 7.59. The van der Waals surface area contributed by atoms with Gasteiger partial charge in [-0.1, -0.05) is 15.9 Å². The van der Waals surface area contributed by atoms with E-state index in [1.165, 1.54) is 29.1 Å². The van der Waals surface area contributed by atoms with E-state index >= 15 is 0 Å². The molecule has 2 rings (SSSR count). The number of aromatic nitrogens is 2. The van der Waals surface area contributed by atoms with Gasteiger partial charge in [0, 0.05) is 23.3 Å². The van der Waals surface area contributed by atoms with Gasteiger partial charge in [-0.25, -0.2) is 4.39 Å². The monoisotopic (exact) mass is 282 g/mol. The molecule has 5 heteroatoms. The van der Waals surface area contributed by atoms with Crippen LogP contribution < -0.4 is 0 Å². The zero-order valence-corrected chi connectivity index (χ0v) is 10.0. The maximum atomic E-state index is 13.1. The summed E-state index contributed by atoms with van der Waals surface area (Å²) in [5, 5.41) is 3.90. The summed E-state index contributed by atoms with van der Waals surface area (Å²) in [5.74, 6) is -0.694. The summed E-state index contributed by atoms with van der Waals surface area (Å²) in [6.45, 7) is 0. The van der Waals surface area contributed by atoms with Crippen LogP contribution in [0.25, 0.3) is 0 Å². The van der Waals surface area contributed by atoms with Crippen LogP contribution in [0.2, 0.25) is 0 Å². The molecule has 1 aromatic heterocycles. The molecule has 0 amide bonds. The topological polar surface area (TPSA) is 34.9 Å². The van der Waals surface area contributed by atoms with Gasteiger partial charge in [-0.15, -0.1) is 0 Å². The summed E-state index contributed by atoms with van der Waals surface area (Å²) in [7, 11) is 1.67. The van der Waals surface area contributed by atoms with Gasteiger partial charge in [0.15, 0.2) is 0 Å². The van der Waals surface area contributed by atoms with Gasteiger partial charge in [-0.3, -0.25) is 9.48 Å². The van der Waals surface area contributed by atoms with Crippen molar-refractivity contribution in [2.45, 2.75) is 0 Å². The van der Waals surface area contributed by atoms with Crippen LogP contribution in [0.1, 0.15) is 16.1 Å². The normalized spacial score (nSPS) is 10.4. The van der Waals surface area contributed by atoms with Crippen molar-refractivity contribution in [3.63, 3.8) is 0 Å². The molecule has 0 fully saturated rings. The SMILES string of the molecule is Cn1nccc1C(=O)c1cc(F)ccc1Br. The Balaban J connectivity index is 2.49. The van der Waals surface area contributed by atoms with Crippen molar-refractivity contribution in [3.05, 3.63) is 52.0 Å². The van der Waals surface area contributed by atoms with Crippen LogP contribution >= 0.6 is 15.9 Å². The Bertz CT molecular complexity index is 551. The molecule has 3 nitrogen and oxygen atoms in total. The predicted molar refractivity (Wildman–Crippen MR) is 60.7 cm³/mol. The highest BCUT2D eigenvalue weighted by Gasteiger charge is 2.16. The molecule has 1 heterocycles. The highest BCUT2D eigenvalue weighted by Crippen LogP contribution is 2.20. The largest absolute Gasteiger partial charge is 0.287 e. The molecule has 0 spiro atoms. The molecule has 2 aromatic rings. The van der Waals surface area contributed by atoms with E-state index in [0.29, 0.717) is 15.7 Å². The Morgan fingerprint density at radius 1 is 1.44 bits per heavy atom. The Morgan fingerprint density at radius 3 is 2.81 bits per heavy atom. The first-order valence-corrected chi connectivity index (χ1v) is 5.36. The van der Waals surface area contributed by atoms with Gasteiger partial charge >= 0.3 is 0 Å². The zero-order chi connectivity index (χ0) is 11.7. The summed E-state index contributed by atoms with van der Waals surface area (Å²) in [6.07, 6.45) is 1.53. The maximum Gasteiger partial charge on any atom is 0.212 e. The van der Waals surface area contributed by atoms with E-state index in [-0.39, 0.29) is 5.78 Å². The van der Waals surface area contributed by atoms with Crippen molar-refractivity contribution in [1.82, 2.24) is 9.78 Å². The lowest BCUT2D eigenvalue weighted by Gasteiger charge is -2.04. The average molecular weight is 283 g/mol. The molecule has 1 aromatic carbocycles. The summed E-state index contributed by atoms with van der Waals surface area (Å²) in [6, 6.07) is 5.61. The molecule has 82 valence electrons. The first kappa shape index (κ1) is 11.0. The second kappa shape index (κ2) is 4.17. The van der Waals surface area contributed by atoms with E-state index in [1.54, 1.807) is 13.1 Å². The molecule has 0 radical (unpaired) electrons. The molecule has 0 unspecified atom stereocenters. The van der Waals surface area contributed by atoms with Crippen LogP contribution in [-0.4, -0.2) is 15.6 Å². The van der Waals surface area contributed by atoms with E-state index in [1.807, 2.05) is 0 Å². The molecule has 0 aliphatic rings. The summed E-state index contributed by atoms with van der Waals surface area (Å²) < 4.78 is 15.1. The lowest BCUT2D eigenvalue weighted by Crippen LogP contribution is -2.09.